The van der Waals surface area contributed by atoms with Crippen LogP contribution in [0.15, 0.2) is 60.9 Å². The van der Waals surface area contributed by atoms with E-state index in [2.05, 4.69) is 4.98 Å². The molecule has 1 heterocycles. The van der Waals surface area contributed by atoms with Crippen molar-refractivity contribution in [3.05, 3.63) is 72.1 Å². The van der Waals surface area contributed by atoms with Crippen LogP contribution in [0.3, 0.4) is 0 Å². The largest absolute Gasteiger partial charge is 0.497 e. The lowest BCUT2D eigenvalue weighted by atomic mass is 9.94. The van der Waals surface area contributed by atoms with E-state index in [9.17, 15) is 4.79 Å². The molecule has 0 N–H and O–H groups in total. The molecule has 4 heteroatoms. The number of rotatable bonds is 5. The highest BCUT2D eigenvalue weighted by Crippen LogP contribution is 2.30. The summed E-state index contributed by atoms with van der Waals surface area (Å²) in [6.45, 7) is 3.74. The number of carbonyl (C=O) groups excluding carboxylic acids is 1. The second-order valence-corrected chi connectivity index (χ2v) is 6.02. The van der Waals surface area contributed by atoms with Crippen LogP contribution in [0.4, 0.5) is 0 Å². The van der Waals surface area contributed by atoms with Crippen LogP contribution in [0.5, 0.6) is 5.75 Å². The Labute approximate surface area is 147 Å². The summed E-state index contributed by atoms with van der Waals surface area (Å²) in [4.78, 5) is 16.6. The zero-order valence-electron chi connectivity index (χ0n) is 14.6. The van der Waals surface area contributed by atoms with E-state index in [1.807, 2.05) is 62.4 Å². The molecule has 3 aromatic rings. The third-order valence-electron chi connectivity index (χ3n) is 4.41. The number of pyridine rings is 1. The number of ether oxygens (including phenoxy) is 2. The summed E-state index contributed by atoms with van der Waals surface area (Å²) in [5.41, 5.74) is 1.88. The van der Waals surface area contributed by atoms with E-state index in [4.69, 9.17) is 9.47 Å². The van der Waals surface area contributed by atoms with Crippen LogP contribution in [0.1, 0.15) is 37.0 Å². The molecule has 1 aromatic heterocycles. The minimum absolute atomic E-state index is 0.243. The first-order valence-electron chi connectivity index (χ1n) is 8.27. The van der Waals surface area contributed by atoms with Gasteiger partial charge in [0.05, 0.1) is 13.0 Å². The summed E-state index contributed by atoms with van der Waals surface area (Å²) >= 11 is 0. The standard InChI is InChI=1S/C21H21NO3/c1-14(21(23)25-15(2)16-9-11-22-12-10-16)19-6-4-5-17-13-18(24-3)7-8-20(17)19/h4-15H,1-3H3/t14-,15+/m0/s1. The summed E-state index contributed by atoms with van der Waals surface area (Å²) in [5.74, 6) is 0.195. The molecule has 0 bridgehead atoms. The first kappa shape index (κ1) is 17.0. The molecule has 3 rings (SSSR count). The molecule has 4 nitrogen and oxygen atoms in total. The average molecular weight is 335 g/mol. The van der Waals surface area contributed by atoms with Crippen LogP contribution in [0.25, 0.3) is 10.8 Å². The molecule has 0 radical (unpaired) electrons. The maximum Gasteiger partial charge on any atom is 0.313 e. The fraction of sp³-hybridized carbons (Fsp3) is 0.238. The first-order chi connectivity index (χ1) is 12.1. The molecule has 0 aliphatic carbocycles. The van der Waals surface area contributed by atoms with Crippen molar-refractivity contribution in [1.29, 1.82) is 0 Å². The van der Waals surface area contributed by atoms with Crippen molar-refractivity contribution in [3.63, 3.8) is 0 Å². The SMILES string of the molecule is COc1ccc2c([C@H](C)C(=O)O[C@H](C)c3ccncc3)cccc2c1. The highest BCUT2D eigenvalue weighted by molar-refractivity contribution is 5.91. The number of hydrogen-bond acceptors (Lipinski definition) is 4. The van der Waals surface area contributed by atoms with Crippen LogP contribution in [-0.2, 0) is 9.53 Å². The van der Waals surface area contributed by atoms with Gasteiger partial charge in [0.15, 0.2) is 0 Å². The van der Waals surface area contributed by atoms with Gasteiger partial charge in [-0.15, -0.1) is 0 Å². The van der Waals surface area contributed by atoms with Gasteiger partial charge in [-0.3, -0.25) is 9.78 Å². The van der Waals surface area contributed by atoms with E-state index in [0.717, 1.165) is 27.6 Å². The normalized spacial score (nSPS) is 13.2. The predicted molar refractivity (Wildman–Crippen MR) is 97.7 cm³/mol. The molecule has 0 saturated heterocycles. The van der Waals surface area contributed by atoms with Gasteiger partial charge in [-0.05, 0) is 60.0 Å². The number of esters is 1. The highest BCUT2D eigenvalue weighted by atomic mass is 16.5. The van der Waals surface area contributed by atoms with E-state index >= 15 is 0 Å². The highest BCUT2D eigenvalue weighted by Gasteiger charge is 2.21. The number of nitrogens with zero attached hydrogens (tertiary/aromatic N) is 1. The van der Waals surface area contributed by atoms with Crippen LogP contribution in [-0.4, -0.2) is 18.1 Å². The zero-order chi connectivity index (χ0) is 17.8. The summed E-state index contributed by atoms with van der Waals surface area (Å²) in [6.07, 6.45) is 3.08. The number of carbonyl (C=O) groups is 1. The third kappa shape index (κ3) is 3.63. The van der Waals surface area contributed by atoms with E-state index in [-0.39, 0.29) is 18.0 Å². The molecule has 0 fully saturated rings. The van der Waals surface area contributed by atoms with Crippen molar-refractivity contribution >= 4 is 16.7 Å². The smallest absolute Gasteiger partial charge is 0.313 e. The molecule has 0 amide bonds. The third-order valence-corrected chi connectivity index (χ3v) is 4.41. The lowest BCUT2D eigenvalue weighted by Crippen LogP contribution is -2.16. The molecule has 128 valence electrons. The molecule has 2 atom stereocenters. The summed E-state index contributed by atoms with van der Waals surface area (Å²) < 4.78 is 10.9. The Bertz CT molecular complexity index is 877. The van der Waals surface area contributed by atoms with Gasteiger partial charge in [0.1, 0.15) is 11.9 Å². The summed E-state index contributed by atoms with van der Waals surface area (Å²) in [7, 11) is 1.64. The van der Waals surface area contributed by atoms with Gasteiger partial charge in [0, 0.05) is 12.4 Å². The Morgan fingerprint density at radius 2 is 1.80 bits per heavy atom. The molecule has 0 aliphatic heterocycles. The van der Waals surface area contributed by atoms with Gasteiger partial charge >= 0.3 is 5.97 Å². The number of fused-ring (bicyclic) bond motifs is 1. The van der Waals surface area contributed by atoms with Gasteiger partial charge in [-0.2, -0.15) is 0 Å². The molecule has 0 saturated carbocycles. The van der Waals surface area contributed by atoms with Crippen molar-refractivity contribution in [2.45, 2.75) is 25.9 Å². The molecular formula is C21H21NO3. The number of methoxy groups -OCH3 is 1. The molecule has 0 aliphatic rings. The summed E-state index contributed by atoms with van der Waals surface area (Å²) in [5, 5.41) is 2.07. The Morgan fingerprint density at radius 1 is 1.04 bits per heavy atom. The zero-order valence-corrected chi connectivity index (χ0v) is 14.6. The van der Waals surface area contributed by atoms with Crippen molar-refractivity contribution in [3.8, 4) is 5.75 Å². The lowest BCUT2D eigenvalue weighted by Gasteiger charge is -2.18. The van der Waals surface area contributed by atoms with Crippen molar-refractivity contribution in [2.24, 2.45) is 0 Å². The van der Waals surface area contributed by atoms with Gasteiger partial charge in [0.2, 0.25) is 0 Å². The number of aromatic nitrogens is 1. The molecular weight excluding hydrogens is 314 g/mol. The van der Waals surface area contributed by atoms with E-state index in [1.54, 1.807) is 19.5 Å². The van der Waals surface area contributed by atoms with E-state index in [1.165, 1.54) is 0 Å². The Hall–Kier alpha value is -2.88. The maximum atomic E-state index is 12.6. The van der Waals surface area contributed by atoms with Gasteiger partial charge < -0.3 is 9.47 Å². The Kier molecular flexibility index (Phi) is 4.98. The van der Waals surface area contributed by atoms with Gasteiger partial charge in [-0.25, -0.2) is 0 Å². The fourth-order valence-electron chi connectivity index (χ4n) is 2.90. The number of benzene rings is 2. The van der Waals surface area contributed by atoms with Crippen LogP contribution >= 0.6 is 0 Å². The number of hydrogen-bond donors (Lipinski definition) is 0. The van der Waals surface area contributed by atoms with Gasteiger partial charge in [0.25, 0.3) is 0 Å². The maximum absolute atomic E-state index is 12.6. The second-order valence-electron chi connectivity index (χ2n) is 6.02. The fourth-order valence-corrected chi connectivity index (χ4v) is 2.90. The van der Waals surface area contributed by atoms with E-state index < -0.39 is 0 Å². The first-order valence-corrected chi connectivity index (χ1v) is 8.27. The Morgan fingerprint density at radius 3 is 2.52 bits per heavy atom. The van der Waals surface area contributed by atoms with Crippen LogP contribution < -0.4 is 4.74 Å². The molecule has 0 spiro atoms. The minimum atomic E-state index is -0.360. The van der Waals surface area contributed by atoms with Crippen molar-refractivity contribution in [2.75, 3.05) is 7.11 Å². The van der Waals surface area contributed by atoms with E-state index in [0.29, 0.717) is 0 Å². The molecule has 25 heavy (non-hydrogen) atoms. The topological polar surface area (TPSA) is 48.4 Å². The lowest BCUT2D eigenvalue weighted by molar-refractivity contribution is -0.150. The van der Waals surface area contributed by atoms with Crippen LogP contribution in [0, 0.1) is 0 Å². The quantitative estimate of drug-likeness (QED) is 0.637. The van der Waals surface area contributed by atoms with Crippen molar-refractivity contribution in [1.82, 2.24) is 4.98 Å². The predicted octanol–water partition coefficient (Wildman–Crippen LogP) is 4.65. The Balaban J connectivity index is 1.84. The van der Waals surface area contributed by atoms with Gasteiger partial charge in [-0.1, -0.05) is 24.3 Å². The van der Waals surface area contributed by atoms with Crippen LogP contribution in [0.2, 0.25) is 0 Å². The minimum Gasteiger partial charge on any atom is -0.497 e. The average Bonchev–Trinajstić information content (AvgIpc) is 2.67. The summed E-state index contributed by atoms with van der Waals surface area (Å²) in [6, 6.07) is 15.5. The molecule has 0 unspecified atom stereocenters. The monoisotopic (exact) mass is 335 g/mol. The van der Waals surface area contributed by atoms with Crippen molar-refractivity contribution < 1.29 is 14.3 Å². The molecule has 2 aromatic carbocycles. The second kappa shape index (κ2) is 7.34.